The average molecular weight is 202 g/mol. The van der Waals surface area contributed by atoms with E-state index in [-0.39, 0.29) is 11.8 Å². The van der Waals surface area contributed by atoms with Gasteiger partial charge in [-0.25, -0.2) is 5.43 Å². The zero-order chi connectivity index (χ0) is 10.8. The van der Waals surface area contributed by atoms with Gasteiger partial charge in [0.15, 0.2) is 0 Å². The second-order valence-electron chi connectivity index (χ2n) is 3.98. The lowest BCUT2D eigenvalue weighted by atomic mass is 9.95. The standard InChI is InChI=1S/C12H14N2O/c1-8-4-3-5-10(6-8)7-11-9(2)13-14-12(11)15/h3-6,11H,7H2,1-2H3,(H,14,15)/t11-/m0/s1. The van der Waals surface area contributed by atoms with Crippen LogP contribution in [-0.4, -0.2) is 11.6 Å². The van der Waals surface area contributed by atoms with Gasteiger partial charge in [0.25, 0.3) is 0 Å². The second-order valence-corrected chi connectivity index (χ2v) is 3.98. The molecular formula is C12H14N2O. The molecule has 15 heavy (non-hydrogen) atoms. The first-order valence-electron chi connectivity index (χ1n) is 5.06. The van der Waals surface area contributed by atoms with Crippen LogP contribution in [-0.2, 0) is 11.2 Å². The molecule has 0 aromatic heterocycles. The largest absolute Gasteiger partial charge is 0.272 e. The molecule has 1 heterocycles. The van der Waals surface area contributed by atoms with Crippen LogP contribution in [0.1, 0.15) is 18.1 Å². The number of carbonyl (C=O) groups is 1. The number of hydrogen-bond donors (Lipinski definition) is 1. The van der Waals surface area contributed by atoms with Gasteiger partial charge in [0.1, 0.15) is 0 Å². The Morgan fingerprint density at radius 3 is 2.80 bits per heavy atom. The van der Waals surface area contributed by atoms with Crippen LogP contribution < -0.4 is 5.43 Å². The molecule has 0 radical (unpaired) electrons. The molecule has 1 aliphatic heterocycles. The number of carbonyl (C=O) groups excluding carboxylic acids is 1. The molecule has 0 fully saturated rings. The number of aryl methyl sites for hydroxylation is 1. The van der Waals surface area contributed by atoms with Crippen LogP contribution >= 0.6 is 0 Å². The van der Waals surface area contributed by atoms with E-state index in [0.29, 0.717) is 0 Å². The summed E-state index contributed by atoms with van der Waals surface area (Å²) in [6.07, 6.45) is 0.739. The topological polar surface area (TPSA) is 41.5 Å². The minimum Gasteiger partial charge on any atom is -0.272 e. The first-order chi connectivity index (χ1) is 7.16. The quantitative estimate of drug-likeness (QED) is 0.778. The van der Waals surface area contributed by atoms with E-state index in [1.54, 1.807) is 0 Å². The fraction of sp³-hybridized carbons (Fsp3) is 0.333. The summed E-state index contributed by atoms with van der Waals surface area (Å²) in [7, 11) is 0. The van der Waals surface area contributed by atoms with Crippen LogP contribution in [0.3, 0.4) is 0 Å². The van der Waals surface area contributed by atoms with Gasteiger partial charge in [-0.3, -0.25) is 4.79 Å². The van der Waals surface area contributed by atoms with Crippen molar-refractivity contribution in [1.29, 1.82) is 0 Å². The van der Waals surface area contributed by atoms with Crippen molar-refractivity contribution >= 4 is 11.6 Å². The highest BCUT2D eigenvalue weighted by Gasteiger charge is 2.26. The van der Waals surface area contributed by atoms with E-state index in [1.807, 2.05) is 19.1 Å². The Morgan fingerprint density at radius 1 is 1.40 bits per heavy atom. The Kier molecular flexibility index (Phi) is 2.54. The van der Waals surface area contributed by atoms with Gasteiger partial charge >= 0.3 is 0 Å². The van der Waals surface area contributed by atoms with Crippen LogP contribution in [0.25, 0.3) is 0 Å². The Morgan fingerprint density at radius 2 is 2.20 bits per heavy atom. The fourth-order valence-electron chi connectivity index (χ4n) is 1.80. The van der Waals surface area contributed by atoms with Crippen molar-refractivity contribution in [3.8, 4) is 0 Å². The van der Waals surface area contributed by atoms with Crippen LogP contribution in [0.4, 0.5) is 0 Å². The molecule has 1 amide bonds. The van der Waals surface area contributed by atoms with E-state index >= 15 is 0 Å². The lowest BCUT2D eigenvalue weighted by Crippen LogP contribution is -2.24. The molecule has 78 valence electrons. The van der Waals surface area contributed by atoms with Crippen molar-refractivity contribution in [2.75, 3.05) is 0 Å². The minimum atomic E-state index is -0.0909. The molecule has 0 aliphatic carbocycles. The van der Waals surface area contributed by atoms with Crippen molar-refractivity contribution in [1.82, 2.24) is 5.43 Å². The highest BCUT2D eigenvalue weighted by atomic mass is 16.2. The molecule has 0 spiro atoms. The summed E-state index contributed by atoms with van der Waals surface area (Å²) in [5.41, 5.74) is 5.79. The monoisotopic (exact) mass is 202 g/mol. The van der Waals surface area contributed by atoms with Crippen molar-refractivity contribution in [3.05, 3.63) is 35.4 Å². The molecule has 1 aliphatic rings. The second kappa shape index (κ2) is 3.85. The third-order valence-corrected chi connectivity index (χ3v) is 2.69. The number of benzene rings is 1. The molecule has 0 saturated heterocycles. The highest BCUT2D eigenvalue weighted by molar-refractivity contribution is 6.07. The summed E-state index contributed by atoms with van der Waals surface area (Å²) in [5, 5.41) is 3.93. The SMILES string of the molecule is CC1=NNC(=O)[C@H]1Cc1cccc(C)c1. The maximum Gasteiger partial charge on any atom is 0.249 e. The maximum absolute atomic E-state index is 11.4. The molecular weight excluding hydrogens is 188 g/mol. The molecule has 3 nitrogen and oxygen atoms in total. The molecule has 1 atom stereocenters. The number of nitrogens with one attached hydrogen (secondary N) is 1. The number of nitrogens with zero attached hydrogens (tertiary/aromatic N) is 1. The van der Waals surface area contributed by atoms with Gasteiger partial charge < -0.3 is 0 Å². The molecule has 1 aromatic carbocycles. The Hall–Kier alpha value is -1.64. The van der Waals surface area contributed by atoms with Crippen LogP contribution in [0.5, 0.6) is 0 Å². The molecule has 2 rings (SSSR count). The lowest BCUT2D eigenvalue weighted by molar-refractivity contribution is -0.122. The molecule has 1 N–H and O–H groups in total. The van der Waals surface area contributed by atoms with Gasteiger partial charge in [-0.15, -0.1) is 0 Å². The van der Waals surface area contributed by atoms with E-state index < -0.39 is 0 Å². The van der Waals surface area contributed by atoms with E-state index in [1.165, 1.54) is 11.1 Å². The first kappa shape index (κ1) is 9.90. The van der Waals surface area contributed by atoms with Crippen molar-refractivity contribution in [2.24, 2.45) is 11.0 Å². The minimum absolute atomic E-state index is 0.00834. The predicted molar refractivity (Wildman–Crippen MR) is 59.6 cm³/mol. The fourth-order valence-corrected chi connectivity index (χ4v) is 1.80. The number of hydrazone groups is 1. The third-order valence-electron chi connectivity index (χ3n) is 2.69. The Bertz CT molecular complexity index is 423. The maximum atomic E-state index is 11.4. The summed E-state index contributed by atoms with van der Waals surface area (Å²) in [6, 6.07) is 8.23. The molecule has 0 saturated carbocycles. The molecule has 1 aromatic rings. The summed E-state index contributed by atoms with van der Waals surface area (Å²) < 4.78 is 0. The van der Waals surface area contributed by atoms with E-state index in [2.05, 4.69) is 29.6 Å². The number of hydrogen-bond acceptors (Lipinski definition) is 2. The summed E-state index contributed by atoms with van der Waals surface area (Å²) in [4.78, 5) is 11.4. The lowest BCUT2D eigenvalue weighted by Gasteiger charge is -2.08. The van der Waals surface area contributed by atoms with Crippen molar-refractivity contribution in [2.45, 2.75) is 20.3 Å². The number of amides is 1. The first-order valence-corrected chi connectivity index (χ1v) is 5.06. The smallest absolute Gasteiger partial charge is 0.249 e. The summed E-state index contributed by atoms with van der Waals surface area (Å²) in [5.74, 6) is -0.0826. The van der Waals surface area contributed by atoms with Gasteiger partial charge in [-0.2, -0.15) is 5.10 Å². The normalized spacial score (nSPS) is 20.0. The Labute approximate surface area is 89.2 Å². The highest BCUT2D eigenvalue weighted by Crippen LogP contribution is 2.15. The van der Waals surface area contributed by atoms with Crippen LogP contribution in [0.15, 0.2) is 29.4 Å². The van der Waals surface area contributed by atoms with Gasteiger partial charge in [-0.1, -0.05) is 29.8 Å². The van der Waals surface area contributed by atoms with E-state index in [4.69, 9.17) is 0 Å². The zero-order valence-corrected chi connectivity index (χ0v) is 8.95. The van der Waals surface area contributed by atoms with Crippen molar-refractivity contribution < 1.29 is 4.79 Å². The van der Waals surface area contributed by atoms with Gasteiger partial charge in [0.2, 0.25) is 5.91 Å². The average Bonchev–Trinajstić information content (AvgIpc) is 2.50. The number of rotatable bonds is 2. The Balaban J connectivity index is 2.15. The molecule has 3 heteroatoms. The summed E-state index contributed by atoms with van der Waals surface area (Å²) in [6.45, 7) is 3.94. The molecule has 0 bridgehead atoms. The molecule has 0 unspecified atom stereocenters. The van der Waals surface area contributed by atoms with E-state index in [0.717, 1.165) is 12.1 Å². The van der Waals surface area contributed by atoms with Crippen LogP contribution in [0, 0.1) is 12.8 Å². The van der Waals surface area contributed by atoms with Gasteiger partial charge in [-0.05, 0) is 25.8 Å². The van der Waals surface area contributed by atoms with Gasteiger partial charge in [0, 0.05) is 5.71 Å². The third kappa shape index (κ3) is 2.06. The van der Waals surface area contributed by atoms with Gasteiger partial charge in [0.05, 0.1) is 5.92 Å². The zero-order valence-electron chi connectivity index (χ0n) is 8.95. The predicted octanol–water partition coefficient (Wildman–Crippen LogP) is 1.66. The van der Waals surface area contributed by atoms with E-state index in [9.17, 15) is 4.79 Å². The van der Waals surface area contributed by atoms with Crippen molar-refractivity contribution in [3.63, 3.8) is 0 Å². The summed E-state index contributed by atoms with van der Waals surface area (Å²) >= 11 is 0. The van der Waals surface area contributed by atoms with Crippen LogP contribution in [0.2, 0.25) is 0 Å².